The second-order valence-electron chi connectivity index (χ2n) is 5.47. The maximum absolute atomic E-state index is 12.0. The third kappa shape index (κ3) is 4.16. The molecule has 0 bridgehead atoms. The van der Waals surface area contributed by atoms with Crippen LogP contribution in [0.2, 0.25) is 0 Å². The predicted octanol–water partition coefficient (Wildman–Crippen LogP) is 1.80. The summed E-state index contributed by atoms with van der Waals surface area (Å²) in [4.78, 5) is 20.8. The first-order valence-electron chi connectivity index (χ1n) is 7.38. The van der Waals surface area contributed by atoms with Crippen molar-refractivity contribution < 1.29 is 9.21 Å². The van der Waals surface area contributed by atoms with Gasteiger partial charge in [-0.25, -0.2) is 4.98 Å². The number of rotatable bonds is 5. The summed E-state index contributed by atoms with van der Waals surface area (Å²) in [6, 6.07) is 3.91. The second-order valence-corrected chi connectivity index (χ2v) is 6.33. The van der Waals surface area contributed by atoms with Gasteiger partial charge in [0.1, 0.15) is 5.76 Å². The number of hydrogen-bond acceptors (Lipinski definition) is 6. The van der Waals surface area contributed by atoms with Crippen LogP contribution in [0.5, 0.6) is 0 Å². The van der Waals surface area contributed by atoms with E-state index < -0.39 is 0 Å². The molecule has 1 amide bonds. The van der Waals surface area contributed by atoms with Gasteiger partial charge < -0.3 is 9.73 Å². The highest BCUT2D eigenvalue weighted by Gasteiger charge is 2.19. The molecule has 0 aliphatic carbocycles. The van der Waals surface area contributed by atoms with Gasteiger partial charge in [-0.1, -0.05) is 0 Å². The van der Waals surface area contributed by atoms with Crippen molar-refractivity contribution in [3.63, 3.8) is 0 Å². The van der Waals surface area contributed by atoms with Crippen LogP contribution >= 0.6 is 11.3 Å². The Hall–Kier alpha value is -1.70. The third-order valence-corrected chi connectivity index (χ3v) is 4.53. The molecule has 2 aromatic heterocycles. The molecule has 6 nitrogen and oxygen atoms in total. The highest BCUT2D eigenvalue weighted by molar-refractivity contribution is 7.13. The van der Waals surface area contributed by atoms with Crippen LogP contribution in [0.25, 0.3) is 0 Å². The first kappa shape index (κ1) is 15.2. The minimum atomic E-state index is 0.00818. The number of hydrogen-bond donors (Lipinski definition) is 1. The molecule has 0 unspecified atom stereocenters. The quantitative estimate of drug-likeness (QED) is 0.910. The van der Waals surface area contributed by atoms with E-state index in [4.69, 9.17) is 4.42 Å². The standard InChI is InChI=1S/C15H20N4O2S/c1-12-11-22-15(16-12)17-14(20)10-19-6-4-18(5-7-19)9-13-3-2-8-21-13/h2-3,8,11H,4-7,9-10H2,1H3,(H,16,17,20). The fraction of sp³-hybridized carbons (Fsp3) is 0.467. The van der Waals surface area contributed by atoms with Crippen molar-refractivity contribution in [3.8, 4) is 0 Å². The molecule has 22 heavy (non-hydrogen) atoms. The molecule has 0 atom stereocenters. The van der Waals surface area contributed by atoms with E-state index in [1.165, 1.54) is 11.3 Å². The van der Waals surface area contributed by atoms with Gasteiger partial charge in [0, 0.05) is 31.6 Å². The van der Waals surface area contributed by atoms with Crippen molar-refractivity contribution in [3.05, 3.63) is 35.2 Å². The van der Waals surface area contributed by atoms with Crippen LogP contribution in [0.15, 0.2) is 28.2 Å². The minimum absolute atomic E-state index is 0.00818. The zero-order valence-corrected chi connectivity index (χ0v) is 13.4. The molecule has 0 radical (unpaired) electrons. The number of anilines is 1. The van der Waals surface area contributed by atoms with E-state index in [1.807, 2.05) is 24.4 Å². The molecule has 0 saturated carbocycles. The molecular formula is C15H20N4O2S. The molecule has 1 N–H and O–H groups in total. The first-order chi connectivity index (χ1) is 10.7. The summed E-state index contributed by atoms with van der Waals surface area (Å²) in [5, 5.41) is 5.47. The van der Waals surface area contributed by atoms with E-state index in [2.05, 4.69) is 20.1 Å². The van der Waals surface area contributed by atoms with E-state index in [9.17, 15) is 4.79 Å². The Morgan fingerprint density at radius 2 is 2.14 bits per heavy atom. The number of nitrogens with zero attached hydrogens (tertiary/aromatic N) is 3. The van der Waals surface area contributed by atoms with Crippen LogP contribution in [-0.2, 0) is 11.3 Å². The van der Waals surface area contributed by atoms with Gasteiger partial charge in [-0.2, -0.15) is 0 Å². The van der Waals surface area contributed by atoms with E-state index in [-0.39, 0.29) is 5.91 Å². The minimum Gasteiger partial charge on any atom is -0.468 e. The number of thiazole rings is 1. The molecule has 1 aliphatic heterocycles. The van der Waals surface area contributed by atoms with Crippen molar-refractivity contribution in [2.75, 3.05) is 38.0 Å². The number of nitrogens with one attached hydrogen (secondary N) is 1. The lowest BCUT2D eigenvalue weighted by molar-refractivity contribution is -0.117. The topological polar surface area (TPSA) is 61.6 Å². The van der Waals surface area contributed by atoms with Crippen molar-refractivity contribution >= 4 is 22.4 Å². The number of amides is 1. The van der Waals surface area contributed by atoms with Crippen LogP contribution in [0.1, 0.15) is 11.5 Å². The largest absolute Gasteiger partial charge is 0.468 e. The lowest BCUT2D eigenvalue weighted by Crippen LogP contribution is -2.48. The van der Waals surface area contributed by atoms with Gasteiger partial charge in [-0.15, -0.1) is 11.3 Å². The fourth-order valence-corrected chi connectivity index (χ4v) is 3.21. The van der Waals surface area contributed by atoms with Gasteiger partial charge in [0.05, 0.1) is 25.0 Å². The maximum Gasteiger partial charge on any atom is 0.240 e. The monoisotopic (exact) mass is 320 g/mol. The molecular weight excluding hydrogens is 300 g/mol. The Morgan fingerprint density at radius 3 is 2.77 bits per heavy atom. The van der Waals surface area contributed by atoms with Gasteiger partial charge in [-0.05, 0) is 19.1 Å². The van der Waals surface area contributed by atoms with Crippen molar-refractivity contribution in [2.45, 2.75) is 13.5 Å². The number of carbonyl (C=O) groups is 1. The number of piperazine rings is 1. The summed E-state index contributed by atoms with van der Waals surface area (Å²) >= 11 is 1.46. The molecule has 3 heterocycles. The molecule has 3 rings (SSSR count). The van der Waals surface area contributed by atoms with Gasteiger partial charge in [0.15, 0.2) is 5.13 Å². The van der Waals surface area contributed by atoms with E-state index in [1.54, 1.807) is 6.26 Å². The number of aromatic nitrogens is 1. The molecule has 1 fully saturated rings. The van der Waals surface area contributed by atoms with Crippen LogP contribution in [-0.4, -0.2) is 53.4 Å². The molecule has 1 saturated heterocycles. The highest BCUT2D eigenvalue weighted by atomic mass is 32.1. The molecule has 0 aromatic carbocycles. The molecule has 2 aromatic rings. The Bertz CT molecular complexity index is 603. The normalized spacial score (nSPS) is 16.8. The summed E-state index contributed by atoms with van der Waals surface area (Å²) in [5.41, 5.74) is 0.937. The summed E-state index contributed by atoms with van der Waals surface area (Å²) in [7, 11) is 0. The Balaban J connectivity index is 1.40. The average Bonchev–Trinajstić information content (AvgIpc) is 3.13. The summed E-state index contributed by atoms with van der Waals surface area (Å²) in [6.07, 6.45) is 1.70. The second kappa shape index (κ2) is 7.04. The van der Waals surface area contributed by atoms with E-state index >= 15 is 0 Å². The van der Waals surface area contributed by atoms with Gasteiger partial charge in [0.2, 0.25) is 5.91 Å². The zero-order chi connectivity index (χ0) is 15.4. The van der Waals surface area contributed by atoms with E-state index in [0.717, 1.165) is 44.2 Å². The maximum atomic E-state index is 12.0. The van der Waals surface area contributed by atoms with Crippen molar-refractivity contribution in [1.29, 1.82) is 0 Å². The fourth-order valence-electron chi connectivity index (χ4n) is 2.50. The number of aryl methyl sites for hydroxylation is 1. The van der Waals surface area contributed by atoms with Crippen molar-refractivity contribution in [1.82, 2.24) is 14.8 Å². The van der Waals surface area contributed by atoms with Gasteiger partial charge in [-0.3, -0.25) is 14.6 Å². The van der Waals surface area contributed by atoms with Crippen molar-refractivity contribution in [2.24, 2.45) is 0 Å². The van der Waals surface area contributed by atoms with Gasteiger partial charge >= 0.3 is 0 Å². The average molecular weight is 320 g/mol. The van der Waals surface area contributed by atoms with Crippen LogP contribution in [0.4, 0.5) is 5.13 Å². The van der Waals surface area contributed by atoms with Crippen LogP contribution < -0.4 is 5.32 Å². The van der Waals surface area contributed by atoms with Crippen LogP contribution in [0.3, 0.4) is 0 Å². The summed E-state index contributed by atoms with van der Waals surface area (Å²) < 4.78 is 5.37. The SMILES string of the molecule is Cc1csc(NC(=O)CN2CCN(Cc3ccco3)CC2)n1. The predicted molar refractivity (Wildman–Crippen MR) is 85.9 cm³/mol. The lowest BCUT2D eigenvalue weighted by Gasteiger charge is -2.33. The third-order valence-electron chi connectivity index (χ3n) is 3.66. The Morgan fingerprint density at radius 1 is 1.36 bits per heavy atom. The molecule has 7 heteroatoms. The smallest absolute Gasteiger partial charge is 0.240 e. The Labute approximate surface area is 133 Å². The molecule has 0 spiro atoms. The first-order valence-corrected chi connectivity index (χ1v) is 8.26. The highest BCUT2D eigenvalue weighted by Crippen LogP contribution is 2.14. The Kier molecular flexibility index (Phi) is 4.87. The van der Waals surface area contributed by atoms with Gasteiger partial charge in [0.25, 0.3) is 0 Å². The number of carbonyl (C=O) groups excluding carboxylic acids is 1. The number of furan rings is 1. The lowest BCUT2D eigenvalue weighted by atomic mass is 10.3. The zero-order valence-electron chi connectivity index (χ0n) is 12.6. The van der Waals surface area contributed by atoms with E-state index in [0.29, 0.717) is 11.7 Å². The molecule has 118 valence electrons. The summed E-state index contributed by atoms with van der Waals surface area (Å²) in [6.45, 7) is 6.87. The van der Waals surface area contributed by atoms with Crippen LogP contribution in [0, 0.1) is 6.92 Å². The summed E-state index contributed by atoms with van der Waals surface area (Å²) in [5.74, 6) is 0.999. The molecule has 1 aliphatic rings.